The number of non-ortho nitro benzene ring substituents is 1. The van der Waals surface area contributed by atoms with E-state index in [4.69, 9.17) is 4.74 Å². The Morgan fingerprint density at radius 3 is 2.74 bits per heavy atom. The van der Waals surface area contributed by atoms with Crippen LogP contribution in [0, 0.1) is 16.0 Å². The van der Waals surface area contributed by atoms with Gasteiger partial charge in [0, 0.05) is 36.1 Å². The first-order chi connectivity index (χ1) is 12.7. The molecule has 1 aromatic carbocycles. The van der Waals surface area contributed by atoms with Gasteiger partial charge in [0.25, 0.3) is 5.69 Å². The third-order valence-electron chi connectivity index (χ3n) is 4.16. The summed E-state index contributed by atoms with van der Waals surface area (Å²) in [4.78, 5) is 16.2. The van der Waals surface area contributed by atoms with Crippen LogP contribution in [0.1, 0.15) is 16.9 Å². The minimum Gasteiger partial charge on any atom is -0.381 e. The second kappa shape index (κ2) is 11.2. The Hall–Kier alpha value is -1.72. The highest BCUT2D eigenvalue weighted by molar-refractivity contribution is 14.0. The number of hydrogen-bond donors (Lipinski definition) is 2. The Morgan fingerprint density at radius 1 is 1.30 bits per heavy atom. The third kappa shape index (κ3) is 7.07. The fourth-order valence-corrected chi connectivity index (χ4v) is 3.28. The van der Waals surface area contributed by atoms with E-state index in [0.29, 0.717) is 19.0 Å². The van der Waals surface area contributed by atoms with Crippen LogP contribution in [0.4, 0.5) is 5.69 Å². The van der Waals surface area contributed by atoms with E-state index in [0.717, 1.165) is 37.7 Å². The summed E-state index contributed by atoms with van der Waals surface area (Å²) in [6, 6.07) is 10.6. The van der Waals surface area contributed by atoms with Crippen molar-refractivity contribution >= 4 is 47.0 Å². The number of benzene rings is 1. The van der Waals surface area contributed by atoms with Crippen molar-refractivity contribution in [2.24, 2.45) is 10.9 Å². The van der Waals surface area contributed by atoms with Crippen LogP contribution in [0.5, 0.6) is 0 Å². The zero-order valence-electron chi connectivity index (χ0n) is 14.8. The maximum absolute atomic E-state index is 10.7. The summed E-state index contributed by atoms with van der Waals surface area (Å²) < 4.78 is 5.41. The maximum atomic E-state index is 10.7. The van der Waals surface area contributed by atoms with Crippen molar-refractivity contribution in [1.82, 2.24) is 10.6 Å². The number of nitro benzene ring substituents is 1. The molecule has 0 bridgehead atoms. The van der Waals surface area contributed by atoms with E-state index in [9.17, 15) is 10.1 Å². The van der Waals surface area contributed by atoms with Gasteiger partial charge in [-0.25, -0.2) is 4.99 Å². The van der Waals surface area contributed by atoms with Gasteiger partial charge in [-0.3, -0.25) is 10.1 Å². The lowest BCUT2D eigenvalue weighted by atomic mass is 10.1. The van der Waals surface area contributed by atoms with E-state index in [-0.39, 0.29) is 29.7 Å². The molecule has 1 unspecified atom stereocenters. The van der Waals surface area contributed by atoms with E-state index in [1.54, 1.807) is 23.5 Å². The molecular weight excluding hydrogens is 479 g/mol. The molecule has 1 saturated heterocycles. The first kappa shape index (κ1) is 21.6. The summed E-state index contributed by atoms with van der Waals surface area (Å²) in [6.45, 7) is 3.60. The number of guanidine groups is 1. The number of thiophene rings is 1. The predicted octanol–water partition coefficient (Wildman–Crippen LogP) is 3.55. The average molecular weight is 502 g/mol. The first-order valence-electron chi connectivity index (χ1n) is 8.56. The van der Waals surface area contributed by atoms with Crippen molar-refractivity contribution in [1.29, 1.82) is 0 Å². The first-order valence-corrected chi connectivity index (χ1v) is 9.44. The van der Waals surface area contributed by atoms with Crippen LogP contribution in [0.2, 0.25) is 0 Å². The molecule has 1 atom stereocenters. The summed E-state index contributed by atoms with van der Waals surface area (Å²) in [5.41, 5.74) is 1.02. The fraction of sp³-hybridized carbons (Fsp3) is 0.389. The number of aliphatic imine (C=N–C) groups is 1. The van der Waals surface area contributed by atoms with Crippen molar-refractivity contribution in [3.8, 4) is 0 Å². The molecule has 3 rings (SSSR count). The van der Waals surface area contributed by atoms with Crippen molar-refractivity contribution in [3.63, 3.8) is 0 Å². The lowest BCUT2D eigenvalue weighted by Crippen LogP contribution is -2.39. The Balaban J connectivity index is 0.00000261. The van der Waals surface area contributed by atoms with Crippen LogP contribution in [0.3, 0.4) is 0 Å². The molecular formula is C18H23IN4O3S. The van der Waals surface area contributed by atoms with E-state index in [1.807, 2.05) is 11.4 Å². The number of nitrogens with one attached hydrogen (secondary N) is 2. The normalized spacial score (nSPS) is 16.6. The summed E-state index contributed by atoms with van der Waals surface area (Å²) in [5.74, 6) is 1.24. The quantitative estimate of drug-likeness (QED) is 0.199. The molecule has 146 valence electrons. The van der Waals surface area contributed by atoms with E-state index >= 15 is 0 Å². The predicted molar refractivity (Wildman–Crippen MR) is 118 cm³/mol. The lowest BCUT2D eigenvalue weighted by Gasteiger charge is -2.14. The van der Waals surface area contributed by atoms with Gasteiger partial charge in [0.05, 0.1) is 24.6 Å². The minimum absolute atomic E-state index is 0. The number of rotatable bonds is 7. The van der Waals surface area contributed by atoms with Crippen molar-refractivity contribution in [3.05, 3.63) is 62.3 Å². The second-order valence-electron chi connectivity index (χ2n) is 6.13. The van der Waals surface area contributed by atoms with E-state index < -0.39 is 4.92 Å². The summed E-state index contributed by atoms with van der Waals surface area (Å²) >= 11 is 1.70. The lowest BCUT2D eigenvalue weighted by molar-refractivity contribution is -0.384. The number of halogens is 1. The van der Waals surface area contributed by atoms with Crippen molar-refractivity contribution in [2.75, 3.05) is 19.8 Å². The highest BCUT2D eigenvalue weighted by Crippen LogP contribution is 2.13. The van der Waals surface area contributed by atoms with Gasteiger partial charge in [-0.1, -0.05) is 18.2 Å². The topological polar surface area (TPSA) is 88.8 Å². The molecule has 1 aliphatic rings. The number of hydrogen-bond acceptors (Lipinski definition) is 5. The Bertz CT molecular complexity index is 732. The molecule has 2 aromatic rings. The molecule has 0 aliphatic carbocycles. The summed E-state index contributed by atoms with van der Waals surface area (Å²) in [6.07, 6.45) is 1.06. The second-order valence-corrected chi connectivity index (χ2v) is 7.16. The number of nitro groups is 1. The van der Waals surface area contributed by atoms with Gasteiger partial charge in [0.2, 0.25) is 0 Å². The molecule has 1 aliphatic heterocycles. The molecule has 0 saturated carbocycles. The Kier molecular flexibility index (Phi) is 8.95. The molecule has 2 N–H and O–H groups in total. The van der Waals surface area contributed by atoms with Gasteiger partial charge >= 0.3 is 0 Å². The molecule has 1 aromatic heterocycles. The van der Waals surface area contributed by atoms with Crippen LogP contribution in [-0.4, -0.2) is 30.6 Å². The van der Waals surface area contributed by atoms with Crippen molar-refractivity contribution < 1.29 is 9.66 Å². The van der Waals surface area contributed by atoms with Crippen LogP contribution < -0.4 is 10.6 Å². The Morgan fingerprint density at radius 2 is 2.11 bits per heavy atom. The molecule has 0 amide bonds. The SMILES string of the molecule is I.O=[N+]([O-])c1ccc(CN=C(NCc2cccs2)NCC2CCOC2)cc1. The number of ether oxygens (including phenoxy) is 1. The molecule has 9 heteroatoms. The third-order valence-corrected chi connectivity index (χ3v) is 5.04. The molecule has 7 nitrogen and oxygen atoms in total. The zero-order valence-corrected chi connectivity index (χ0v) is 17.9. The van der Waals surface area contributed by atoms with E-state index in [2.05, 4.69) is 21.7 Å². The van der Waals surface area contributed by atoms with Crippen molar-refractivity contribution in [2.45, 2.75) is 19.5 Å². The average Bonchev–Trinajstić information content (AvgIpc) is 3.35. The minimum atomic E-state index is -0.397. The van der Waals surface area contributed by atoms with Gasteiger partial charge in [0.15, 0.2) is 5.96 Å². The van der Waals surface area contributed by atoms with E-state index in [1.165, 1.54) is 17.0 Å². The number of nitrogens with zero attached hydrogens (tertiary/aromatic N) is 2. The standard InChI is InChI=1S/C18H22N4O3S.HI/c23-22(24)16-5-3-14(4-6-16)10-19-18(20-11-15-7-8-25-13-15)21-12-17-2-1-9-26-17;/h1-6,9,15H,7-8,10-13H2,(H2,19,20,21);1H. The maximum Gasteiger partial charge on any atom is 0.269 e. The highest BCUT2D eigenvalue weighted by Gasteiger charge is 2.15. The molecule has 0 spiro atoms. The molecule has 2 heterocycles. The van der Waals surface area contributed by atoms with Crippen LogP contribution >= 0.6 is 35.3 Å². The van der Waals surface area contributed by atoms with Gasteiger partial charge in [-0.15, -0.1) is 35.3 Å². The van der Waals surface area contributed by atoms with Gasteiger partial charge in [0.1, 0.15) is 0 Å². The largest absolute Gasteiger partial charge is 0.381 e. The molecule has 0 radical (unpaired) electrons. The van der Waals surface area contributed by atoms with Crippen LogP contribution in [-0.2, 0) is 17.8 Å². The van der Waals surface area contributed by atoms with Gasteiger partial charge < -0.3 is 15.4 Å². The smallest absolute Gasteiger partial charge is 0.269 e. The molecule has 1 fully saturated rings. The van der Waals surface area contributed by atoms with Crippen LogP contribution in [0.25, 0.3) is 0 Å². The summed E-state index contributed by atoms with van der Waals surface area (Å²) in [7, 11) is 0. The zero-order chi connectivity index (χ0) is 18.2. The summed E-state index contributed by atoms with van der Waals surface area (Å²) in [5, 5.41) is 19.5. The Labute approximate surface area is 179 Å². The van der Waals surface area contributed by atoms with Gasteiger partial charge in [-0.05, 0) is 23.4 Å². The van der Waals surface area contributed by atoms with Crippen LogP contribution in [0.15, 0.2) is 46.8 Å². The highest BCUT2D eigenvalue weighted by atomic mass is 127. The monoisotopic (exact) mass is 502 g/mol. The van der Waals surface area contributed by atoms with Gasteiger partial charge in [-0.2, -0.15) is 0 Å². The fourth-order valence-electron chi connectivity index (χ4n) is 2.64. The molecule has 27 heavy (non-hydrogen) atoms.